The number of hydrogen-bond donors (Lipinski definition) is 7. The molecule has 2 fully saturated rings. The summed E-state index contributed by atoms with van der Waals surface area (Å²) >= 11 is 0. The van der Waals surface area contributed by atoms with Crippen molar-refractivity contribution in [2.45, 2.75) is 55.3 Å². The van der Waals surface area contributed by atoms with Gasteiger partial charge in [-0.15, -0.1) is 0 Å². The fourth-order valence-corrected chi connectivity index (χ4v) is 2.26. The van der Waals surface area contributed by atoms with Crippen LogP contribution in [0.4, 0.5) is 0 Å². The highest BCUT2D eigenvalue weighted by Crippen LogP contribution is 2.26. The van der Waals surface area contributed by atoms with E-state index in [-0.39, 0.29) is 6.61 Å². The molecule has 0 aliphatic carbocycles. The number of rotatable bonds is 3. The highest BCUT2D eigenvalue weighted by Gasteiger charge is 2.48. The molecule has 21 heavy (non-hydrogen) atoms. The SMILES string of the molecule is OC[C@H]1O[C@@H](O[C@H]2C(O)OC[C@@H](O)[C@@H]2O)[C@H](O)[C@@H](O)[C@H]1O. The molecule has 124 valence electrons. The average molecular weight is 312 g/mol. The maximum atomic E-state index is 9.78. The molecule has 10 heteroatoms. The average Bonchev–Trinajstić information content (AvgIpc) is 2.47. The predicted octanol–water partition coefficient (Wildman–Crippen LogP) is -4.76. The second kappa shape index (κ2) is 6.79. The van der Waals surface area contributed by atoms with Crippen LogP contribution in [0.25, 0.3) is 0 Å². The lowest BCUT2D eigenvalue weighted by Crippen LogP contribution is -2.62. The second-order valence-corrected chi connectivity index (χ2v) is 5.08. The van der Waals surface area contributed by atoms with Gasteiger partial charge in [0.05, 0.1) is 13.2 Å². The molecule has 0 aromatic carbocycles. The number of aliphatic hydroxyl groups excluding tert-OH is 7. The summed E-state index contributed by atoms with van der Waals surface area (Å²) in [6.45, 7) is -0.934. The van der Waals surface area contributed by atoms with Crippen LogP contribution in [0, 0.1) is 0 Å². The molecule has 2 aliphatic heterocycles. The molecule has 2 saturated heterocycles. The number of aliphatic hydroxyl groups is 7. The Morgan fingerprint density at radius 3 is 2.19 bits per heavy atom. The van der Waals surface area contributed by atoms with Crippen molar-refractivity contribution in [1.29, 1.82) is 0 Å². The normalized spacial score (nSPS) is 51.9. The Bertz CT molecular complexity index is 339. The van der Waals surface area contributed by atoms with Crippen LogP contribution in [-0.4, -0.2) is 104 Å². The third-order valence-corrected chi connectivity index (χ3v) is 3.59. The minimum atomic E-state index is -1.68. The van der Waals surface area contributed by atoms with Gasteiger partial charge in [0, 0.05) is 0 Å². The summed E-state index contributed by atoms with van der Waals surface area (Å²) in [5.74, 6) is 0. The minimum Gasteiger partial charge on any atom is -0.394 e. The fraction of sp³-hybridized carbons (Fsp3) is 1.00. The molecule has 2 aliphatic rings. The first-order valence-electron chi connectivity index (χ1n) is 6.48. The molecule has 1 unspecified atom stereocenters. The lowest BCUT2D eigenvalue weighted by molar-refractivity contribution is -0.352. The highest BCUT2D eigenvalue weighted by molar-refractivity contribution is 4.91. The maximum absolute atomic E-state index is 9.78. The summed E-state index contributed by atoms with van der Waals surface area (Å²) < 4.78 is 15.0. The molecule has 0 amide bonds. The summed E-state index contributed by atoms with van der Waals surface area (Å²) in [4.78, 5) is 0. The van der Waals surface area contributed by atoms with Crippen LogP contribution in [0.3, 0.4) is 0 Å². The van der Waals surface area contributed by atoms with Gasteiger partial charge in [-0.05, 0) is 0 Å². The van der Waals surface area contributed by atoms with Gasteiger partial charge in [-0.3, -0.25) is 0 Å². The van der Waals surface area contributed by atoms with Gasteiger partial charge in [-0.25, -0.2) is 0 Å². The maximum Gasteiger partial charge on any atom is 0.187 e. The summed E-state index contributed by atoms with van der Waals surface area (Å²) in [7, 11) is 0. The van der Waals surface area contributed by atoms with E-state index in [1.54, 1.807) is 0 Å². The Morgan fingerprint density at radius 1 is 0.905 bits per heavy atom. The third kappa shape index (κ3) is 3.35. The highest BCUT2D eigenvalue weighted by atomic mass is 16.7. The summed E-state index contributed by atoms with van der Waals surface area (Å²) in [6.07, 6.45) is -13.4. The zero-order valence-corrected chi connectivity index (χ0v) is 11.0. The molecule has 0 aromatic rings. The molecule has 0 radical (unpaired) electrons. The van der Waals surface area contributed by atoms with Crippen LogP contribution in [-0.2, 0) is 14.2 Å². The van der Waals surface area contributed by atoms with E-state index in [4.69, 9.17) is 19.3 Å². The topological polar surface area (TPSA) is 169 Å². The van der Waals surface area contributed by atoms with Gasteiger partial charge in [0.15, 0.2) is 12.6 Å². The van der Waals surface area contributed by atoms with E-state index < -0.39 is 61.9 Å². The lowest BCUT2D eigenvalue weighted by Gasteiger charge is -2.43. The number of hydrogen-bond acceptors (Lipinski definition) is 10. The summed E-state index contributed by atoms with van der Waals surface area (Å²) in [5, 5.41) is 66.8. The van der Waals surface area contributed by atoms with E-state index in [1.807, 2.05) is 0 Å². The fourth-order valence-electron chi connectivity index (χ4n) is 2.26. The molecule has 0 bridgehead atoms. The van der Waals surface area contributed by atoms with E-state index in [2.05, 4.69) is 0 Å². The zero-order valence-electron chi connectivity index (χ0n) is 11.0. The van der Waals surface area contributed by atoms with Crippen molar-refractivity contribution in [2.75, 3.05) is 13.2 Å². The first-order chi connectivity index (χ1) is 9.86. The molecular formula is C11H20O10. The van der Waals surface area contributed by atoms with Crippen LogP contribution in [0.15, 0.2) is 0 Å². The van der Waals surface area contributed by atoms with Gasteiger partial charge in [0.25, 0.3) is 0 Å². The van der Waals surface area contributed by atoms with E-state index in [0.717, 1.165) is 0 Å². The quantitative estimate of drug-likeness (QED) is 0.268. The van der Waals surface area contributed by atoms with E-state index in [1.165, 1.54) is 0 Å². The number of ether oxygens (including phenoxy) is 3. The Morgan fingerprint density at radius 2 is 1.57 bits per heavy atom. The van der Waals surface area contributed by atoms with Crippen LogP contribution in [0.5, 0.6) is 0 Å². The van der Waals surface area contributed by atoms with Crippen LogP contribution >= 0.6 is 0 Å². The molecule has 2 rings (SSSR count). The third-order valence-electron chi connectivity index (χ3n) is 3.59. The summed E-state index contributed by atoms with van der Waals surface area (Å²) in [6, 6.07) is 0. The Labute approximate surface area is 119 Å². The smallest absolute Gasteiger partial charge is 0.187 e. The largest absolute Gasteiger partial charge is 0.394 e. The molecule has 0 spiro atoms. The first kappa shape index (κ1) is 17.0. The van der Waals surface area contributed by atoms with Gasteiger partial charge in [0.2, 0.25) is 0 Å². The molecule has 0 aromatic heterocycles. The molecule has 10 nitrogen and oxygen atoms in total. The van der Waals surface area contributed by atoms with Gasteiger partial charge in [-0.1, -0.05) is 0 Å². The Kier molecular flexibility index (Phi) is 5.48. The van der Waals surface area contributed by atoms with Crippen LogP contribution in [0.2, 0.25) is 0 Å². The van der Waals surface area contributed by atoms with Gasteiger partial charge in [-0.2, -0.15) is 0 Å². The molecule has 7 N–H and O–H groups in total. The van der Waals surface area contributed by atoms with Gasteiger partial charge >= 0.3 is 0 Å². The second-order valence-electron chi connectivity index (χ2n) is 5.08. The van der Waals surface area contributed by atoms with Crippen LogP contribution in [0.1, 0.15) is 0 Å². The van der Waals surface area contributed by atoms with Crippen molar-refractivity contribution in [2.24, 2.45) is 0 Å². The van der Waals surface area contributed by atoms with Crippen molar-refractivity contribution in [1.82, 2.24) is 0 Å². The van der Waals surface area contributed by atoms with Crippen molar-refractivity contribution < 1.29 is 50.0 Å². The van der Waals surface area contributed by atoms with E-state index in [9.17, 15) is 30.6 Å². The predicted molar refractivity (Wildman–Crippen MR) is 62.6 cm³/mol. The monoisotopic (exact) mass is 312 g/mol. The minimum absolute atomic E-state index is 0.295. The lowest BCUT2D eigenvalue weighted by atomic mass is 9.99. The van der Waals surface area contributed by atoms with Gasteiger partial charge in [0.1, 0.15) is 42.7 Å². The van der Waals surface area contributed by atoms with E-state index in [0.29, 0.717) is 0 Å². The standard InChI is InChI=1S/C11H20O10/c12-1-4-6(15)7(16)8(17)11(20-4)21-9-5(14)3(13)2-19-10(9)18/h3-18H,1-2H2/t3-,4-,5+,6+,7+,8-,9-,10?,11+/m1/s1. The molecular weight excluding hydrogens is 292 g/mol. The Balaban J connectivity index is 2.06. The molecule has 2 heterocycles. The van der Waals surface area contributed by atoms with Crippen molar-refractivity contribution in [3.8, 4) is 0 Å². The van der Waals surface area contributed by atoms with Crippen molar-refractivity contribution >= 4 is 0 Å². The molecule has 0 saturated carbocycles. The first-order valence-corrected chi connectivity index (χ1v) is 6.48. The van der Waals surface area contributed by atoms with E-state index >= 15 is 0 Å². The molecule has 9 atom stereocenters. The Hall–Kier alpha value is -0.400. The van der Waals surface area contributed by atoms with Crippen molar-refractivity contribution in [3.63, 3.8) is 0 Å². The zero-order chi connectivity index (χ0) is 15.7. The van der Waals surface area contributed by atoms with Crippen molar-refractivity contribution in [3.05, 3.63) is 0 Å². The van der Waals surface area contributed by atoms with Gasteiger partial charge < -0.3 is 50.0 Å². The van der Waals surface area contributed by atoms with Crippen LogP contribution < -0.4 is 0 Å². The summed E-state index contributed by atoms with van der Waals surface area (Å²) in [5.41, 5.74) is 0.